The van der Waals surface area contributed by atoms with Crippen LogP contribution >= 0.6 is 0 Å². The first-order valence-corrected chi connectivity index (χ1v) is 11.4. The Balaban J connectivity index is 1.73. The van der Waals surface area contributed by atoms with Gasteiger partial charge in [0.15, 0.2) is 11.4 Å². The van der Waals surface area contributed by atoms with E-state index in [0.717, 1.165) is 0 Å². The van der Waals surface area contributed by atoms with Gasteiger partial charge in [0.1, 0.15) is 22.8 Å². The fraction of sp³-hybridized carbons (Fsp3) is 0.308. The van der Waals surface area contributed by atoms with E-state index in [1.807, 2.05) is 0 Å². The molecule has 3 aliphatic carbocycles. The minimum atomic E-state index is -2.65. The van der Waals surface area contributed by atoms with Gasteiger partial charge in [-0.1, -0.05) is 6.07 Å². The minimum absolute atomic E-state index is 0.0308. The number of phenolic OH excluding ortho intramolecular Hbond substituents is 1. The molecule has 0 saturated heterocycles. The van der Waals surface area contributed by atoms with Gasteiger partial charge in [-0.05, 0) is 62.7 Å². The molecule has 10 heteroatoms. The summed E-state index contributed by atoms with van der Waals surface area (Å²) in [5.74, 6) is -6.74. The molecule has 3 aliphatic rings. The standard InChI is InChI=1S/C26H25N3O7/c1-29(2)20-14-10-11-9-13-12(15-5-3-4-8-28-15)6-7-16(30)18(13)21(31)17(11)23(33)26(14,36)24(34)19(22(20)32)25(27)35/h3-8,11,14,20,30,32-33,36H,9-10H2,1-2H3,(H2,27,35)/t11-,14-,20-,26-/m0/s1. The third-order valence-electron chi connectivity index (χ3n) is 7.55. The number of benzene rings is 1. The van der Waals surface area contributed by atoms with Gasteiger partial charge in [-0.15, -0.1) is 0 Å². The van der Waals surface area contributed by atoms with Crippen molar-refractivity contribution in [3.63, 3.8) is 0 Å². The number of primary amides is 1. The summed E-state index contributed by atoms with van der Waals surface area (Å²) in [5.41, 5.74) is 3.39. The summed E-state index contributed by atoms with van der Waals surface area (Å²) in [4.78, 5) is 44.9. The van der Waals surface area contributed by atoms with E-state index in [1.165, 1.54) is 11.0 Å². The summed E-state index contributed by atoms with van der Waals surface area (Å²) in [6, 6.07) is 7.32. The van der Waals surface area contributed by atoms with Crippen LogP contribution < -0.4 is 5.73 Å². The van der Waals surface area contributed by atoms with Crippen LogP contribution in [0.15, 0.2) is 59.2 Å². The van der Waals surface area contributed by atoms with E-state index < -0.39 is 58.0 Å². The van der Waals surface area contributed by atoms with E-state index >= 15 is 0 Å². The molecule has 0 spiro atoms. The van der Waals surface area contributed by atoms with Crippen molar-refractivity contribution in [3.8, 4) is 17.0 Å². The molecule has 1 amide bonds. The molecule has 0 unspecified atom stereocenters. The molecule has 1 aromatic heterocycles. The summed E-state index contributed by atoms with van der Waals surface area (Å²) >= 11 is 0. The first-order valence-electron chi connectivity index (χ1n) is 11.4. The van der Waals surface area contributed by atoms with Crippen molar-refractivity contribution in [2.75, 3.05) is 14.1 Å². The zero-order valence-corrected chi connectivity index (χ0v) is 19.6. The van der Waals surface area contributed by atoms with E-state index in [2.05, 4.69) is 4.98 Å². The molecule has 6 N–H and O–H groups in total. The van der Waals surface area contributed by atoms with E-state index in [4.69, 9.17) is 5.73 Å². The van der Waals surface area contributed by atoms with Crippen molar-refractivity contribution in [1.29, 1.82) is 0 Å². The second-order valence-corrected chi connectivity index (χ2v) is 9.66. The van der Waals surface area contributed by atoms with E-state index in [-0.39, 0.29) is 29.7 Å². The van der Waals surface area contributed by atoms with Crippen LogP contribution in [0.5, 0.6) is 5.75 Å². The summed E-state index contributed by atoms with van der Waals surface area (Å²) < 4.78 is 0. The van der Waals surface area contributed by atoms with Crippen LogP contribution in [0.3, 0.4) is 0 Å². The van der Waals surface area contributed by atoms with Crippen LogP contribution in [0.4, 0.5) is 0 Å². The number of amides is 1. The van der Waals surface area contributed by atoms with Gasteiger partial charge < -0.3 is 26.2 Å². The maximum absolute atomic E-state index is 13.7. The van der Waals surface area contributed by atoms with Crippen molar-refractivity contribution in [2.45, 2.75) is 24.5 Å². The normalized spacial score (nSPS) is 27.6. The monoisotopic (exact) mass is 491 g/mol. The van der Waals surface area contributed by atoms with Crippen LogP contribution in [-0.4, -0.2) is 73.5 Å². The van der Waals surface area contributed by atoms with Gasteiger partial charge >= 0.3 is 0 Å². The summed E-state index contributed by atoms with van der Waals surface area (Å²) in [6.07, 6.45) is 1.84. The number of aromatic hydroxyl groups is 1. The Labute approximate surface area is 206 Å². The number of fused-ring (bicyclic) bond motifs is 3. The molecular formula is C26H25N3O7. The third kappa shape index (κ3) is 3.04. The molecule has 36 heavy (non-hydrogen) atoms. The fourth-order valence-electron chi connectivity index (χ4n) is 6.01. The number of pyridine rings is 1. The zero-order chi connectivity index (χ0) is 26.1. The lowest BCUT2D eigenvalue weighted by molar-refractivity contribution is -0.148. The van der Waals surface area contributed by atoms with Gasteiger partial charge in [0.05, 0.1) is 17.3 Å². The number of aliphatic hydroxyl groups is 3. The highest BCUT2D eigenvalue weighted by molar-refractivity contribution is 6.24. The van der Waals surface area contributed by atoms with Crippen LogP contribution in [-0.2, 0) is 16.0 Å². The number of nitrogens with zero attached hydrogens (tertiary/aromatic N) is 2. The van der Waals surface area contributed by atoms with Gasteiger partial charge in [-0.2, -0.15) is 0 Å². The van der Waals surface area contributed by atoms with Crippen molar-refractivity contribution in [2.24, 2.45) is 17.6 Å². The number of likely N-dealkylation sites (N-methyl/N-ethyl adjacent to an activating group) is 1. The van der Waals surface area contributed by atoms with E-state index in [9.17, 15) is 34.8 Å². The van der Waals surface area contributed by atoms with Crippen LogP contribution in [0.25, 0.3) is 11.3 Å². The largest absolute Gasteiger partial charge is 0.510 e. The predicted octanol–water partition coefficient (Wildman–Crippen LogP) is 1.18. The van der Waals surface area contributed by atoms with E-state index in [1.54, 1.807) is 44.6 Å². The number of nitrogens with two attached hydrogens (primary N) is 1. The number of phenols is 1. The topological polar surface area (TPSA) is 174 Å². The molecule has 5 rings (SSSR count). The maximum Gasteiger partial charge on any atom is 0.255 e. The number of Topliss-reactive ketones (excluding diaryl/α,β-unsaturated/α-hetero) is 2. The second-order valence-electron chi connectivity index (χ2n) is 9.66. The average Bonchev–Trinajstić information content (AvgIpc) is 2.81. The Morgan fingerprint density at radius 2 is 1.86 bits per heavy atom. The SMILES string of the molecule is CN(C)[C@@H]1C(O)=C(C(N)=O)C(=O)[C@@]2(O)C(O)=C3C(=O)c4c(O)ccc(-c5ccccn5)c4C[C@H]3C[C@@H]12. The van der Waals surface area contributed by atoms with Crippen molar-refractivity contribution in [1.82, 2.24) is 9.88 Å². The molecule has 2 aromatic rings. The highest BCUT2D eigenvalue weighted by Crippen LogP contribution is 2.52. The quantitative estimate of drug-likeness (QED) is 0.395. The van der Waals surface area contributed by atoms with Gasteiger partial charge in [0, 0.05) is 23.3 Å². The number of rotatable bonds is 3. The molecule has 1 heterocycles. The molecule has 186 valence electrons. The highest BCUT2D eigenvalue weighted by atomic mass is 16.3. The Morgan fingerprint density at radius 1 is 1.14 bits per heavy atom. The Bertz CT molecular complexity index is 1400. The lowest BCUT2D eigenvalue weighted by Gasteiger charge is -2.50. The van der Waals surface area contributed by atoms with Crippen molar-refractivity contribution < 1.29 is 34.8 Å². The Kier molecular flexibility index (Phi) is 5.27. The molecule has 10 nitrogen and oxygen atoms in total. The summed E-state index contributed by atoms with van der Waals surface area (Å²) in [5, 5.41) is 44.4. The number of aliphatic hydroxyl groups excluding tert-OH is 2. The smallest absolute Gasteiger partial charge is 0.255 e. The van der Waals surface area contributed by atoms with Gasteiger partial charge in [-0.3, -0.25) is 24.3 Å². The Hall–Kier alpha value is -4.02. The number of ketones is 2. The molecule has 0 bridgehead atoms. The van der Waals surface area contributed by atoms with Crippen molar-refractivity contribution in [3.05, 3.63) is 70.3 Å². The summed E-state index contributed by atoms with van der Waals surface area (Å²) in [7, 11) is 3.18. The lowest BCUT2D eigenvalue weighted by atomic mass is 9.58. The third-order valence-corrected chi connectivity index (χ3v) is 7.55. The average molecular weight is 492 g/mol. The molecule has 0 aliphatic heterocycles. The van der Waals surface area contributed by atoms with Crippen LogP contribution in [0.2, 0.25) is 0 Å². The number of allylic oxidation sites excluding steroid dienone is 1. The summed E-state index contributed by atoms with van der Waals surface area (Å²) in [6.45, 7) is 0. The predicted molar refractivity (Wildman–Crippen MR) is 127 cm³/mol. The van der Waals surface area contributed by atoms with Gasteiger partial charge in [-0.25, -0.2) is 0 Å². The highest BCUT2D eigenvalue weighted by Gasteiger charge is 2.63. The van der Waals surface area contributed by atoms with Crippen LogP contribution in [0.1, 0.15) is 22.3 Å². The van der Waals surface area contributed by atoms with E-state index in [0.29, 0.717) is 16.8 Å². The van der Waals surface area contributed by atoms with Gasteiger partial charge in [0.25, 0.3) is 5.91 Å². The fourth-order valence-corrected chi connectivity index (χ4v) is 6.01. The minimum Gasteiger partial charge on any atom is -0.510 e. The molecule has 4 atom stereocenters. The number of aromatic nitrogens is 1. The first-order chi connectivity index (χ1) is 17.0. The number of carbonyl (C=O) groups excluding carboxylic acids is 3. The van der Waals surface area contributed by atoms with Crippen molar-refractivity contribution >= 4 is 17.5 Å². The molecule has 0 radical (unpaired) electrons. The molecule has 1 aromatic carbocycles. The van der Waals surface area contributed by atoms with Gasteiger partial charge in [0.2, 0.25) is 5.78 Å². The molecule has 0 saturated carbocycles. The molecule has 0 fully saturated rings. The molecular weight excluding hydrogens is 466 g/mol. The zero-order valence-electron chi connectivity index (χ0n) is 19.6. The maximum atomic E-state index is 13.7. The van der Waals surface area contributed by atoms with Crippen LogP contribution in [0, 0.1) is 11.8 Å². The number of hydrogen-bond acceptors (Lipinski definition) is 9. The first kappa shape index (κ1) is 23.7. The number of carbonyl (C=O) groups is 3. The second kappa shape index (κ2) is 8.00. The number of hydrogen-bond donors (Lipinski definition) is 5. The lowest BCUT2D eigenvalue weighted by Crippen LogP contribution is -2.63. The Morgan fingerprint density at radius 3 is 2.47 bits per heavy atom.